The number of halogens is 2. The van der Waals surface area contributed by atoms with Crippen molar-refractivity contribution in [2.24, 2.45) is 5.92 Å². The van der Waals surface area contributed by atoms with Crippen LogP contribution in [0.1, 0.15) is 32.3 Å². The molecule has 2 N–H and O–H groups in total. The van der Waals surface area contributed by atoms with E-state index in [0.717, 1.165) is 18.7 Å². The second-order valence-corrected chi connectivity index (χ2v) is 6.64. The van der Waals surface area contributed by atoms with Gasteiger partial charge in [-0.1, -0.05) is 19.9 Å². The fraction of sp³-hybridized carbons (Fsp3) is 0.588. The molecule has 1 amide bonds. The Morgan fingerprint density at radius 1 is 1.35 bits per heavy atom. The first-order valence-corrected chi connectivity index (χ1v) is 7.98. The van der Waals surface area contributed by atoms with Gasteiger partial charge in [-0.25, -0.2) is 8.78 Å². The minimum absolute atomic E-state index is 0.169. The predicted octanol–water partition coefficient (Wildman–Crippen LogP) is 2.06. The highest BCUT2D eigenvalue weighted by atomic mass is 19.2. The summed E-state index contributed by atoms with van der Waals surface area (Å²) in [5, 5.41) is 13.7. The number of rotatable bonds is 6. The van der Waals surface area contributed by atoms with Gasteiger partial charge in [0.2, 0.25) is 0 Å². The van der Waals surface area contributed by atoms with Crippen molar-refractivity contribution in [1.29, 1.82) is 0 Å². The van der Waals surface area contributed by atoms with Crippen LogP contribution in [-0.2, 0) is 11.3 Å². The maximum absolute atomic E-state index is 13.3. The Labute approximate surface area is 135 Å². The van der Waals surface area contributed by atoms with Gasteiger partial charge in [0.1, 0.15) is 0 Å². The number of likely N-dealkylation sites (tertiary alicyclic amines) is 1. The summed E-state index contributed by atoms with van der Waals surface area (Å²) in [5.74, 6) is -1.77. The number of carbonyl (C=O) groups excluding carboxylic acids is 1. The van der Waals surface area contributed by atoms with Crippen LogP contribution in [0.15, 0.2) is 18.2 Å². The minimum Gasteiger partial charge on any atom is -0.379 e. The molecule has 4 nitrogen and oxygen atoms in total. The quantitative estimate of drug-likeness (QED) is 0.841. The van der Waals surface area contributed by atoms with Crippen molar-refractivity contribution in [3.05, 3.63) is 35.4 Å². The highest BCUT2D eigenvalue weighted by Gasteiger charge is 2.41. The maximum Gasteiger partial charge on any atom is 0.256 e. The molecule has 0 saturated carbocycles. The molecule has 1 saturated heterocycles. The largest absolute Gasteiger partial charge is 0.379 e. The van der Waals surface area contributed by atoms with E-state index < -0.39 is 17.2 Å². The third-order valence-corrected chi connectivity index (χ3v) is 4.03. The van der Waals surface area contributed by atoms with Gasteiger partial charge in [-0.05, 0) is 43.0 Å². The van der Waals surface area contributed by atoms with E-state index in [1.165, 1.54) is 11.0 Å². The molecule has 1 atom stereocenters. The van der Waals surface area contributed by atoms with E-state index in [1.807, 2.05) is 0 Å². The van der Waals surface area contributed by atoms with Gasteiger partial charge in [0, 0.05) is 19.6 Å². The first-order valence-electron chi connectivity index (χ1n) is 7.98. The van der Waals surface area contributed by atoms with E-state index in [-0.39, 0.29) is 19.0 Å². The number of carbonyl (C=O) groups is 1. The molecule has 128 valence electrons. The van der Waals surface area contributed by atoms with Crippen LogP contribution in [0, 0.1) is 17.6 Å². The molecule has 1 aromatic rings. The molecule has 1 aromatic carbocycles. The highest BCUT2D eigenvalue weighted by Crippen LogP contribution is 2.24. The van der Waals surface area contributed by atoms with Crippen molar-refractivity contribution in [1.82, 2.24) is 10.2 Å². The molecular formula is C17H24F2N2O2. The minimum atomic E-state index is -1.42. The Balaban J connectivity index is 2.02. The standard InChI is InChI=1S/C17H24F2N2O2/c1-12(2)9-20-11-17(23)6-3-7-21(16(17)22)10-13-4-5-14(18)15(19)8-13/h4-5,8,12,20,23H,3,6-7,9-11H2,1-2H3/t17-/m1/s1. The number of nitrogens with zero attached hydrogens (tertiary/aromatic N) is 1. The SMILES string of the molecule is CC(C)CNC[C@]1(O)CCCN(Cc2ccc(F)c(F)c2)C1=O. The van der Waals surface area contributed by atoms with E-state index in [2.05, 4.69) is 19.2 Å². The molecular weight excluding hydrogens is 302 g/mol. The molecule has 0 spiro atoms. The van der Waals surface area contributed by atoms with Crippen molar-refractivity contribution in [3.63, 3.8) is 0 Å². The second-order valence-electron chi connectivity index (χ2n) is 6.64. The summed E-state index contributed by atoms with van der Waals surface area (Å²) < 4.78 is 26.3. The lowest BCUT2D eigenvalue weighted by Crippen LogP contribution is -2.57. The van der Waals surface area contributed by atoms with E-state index in [0.29, 0.717) is 30.9 Å². The molecule has 2 rings (SSSR count). The van der Waals surface area contributed by atoms with Gasteiger partial charge in [-0.15, -0.1) is 0 Å². The second kappa shape index (κ2) is 7.36. The number of nitrogens with one attached hydrogen (secondary N) is 1. The molecule has 6 heteroatoms. The molecule has 0 radical (unpaired) electrons. The van der Waals surface area contributed by atoms with Crippen molar-refractivity contribution in [3.8, 4) is 0 Å². The number of piperidine rings is 1. The summed E-state index contributed by atoms with van der Waals surface area (Å²) in [6.07, 6.45) is 1.08. The van der Waals surface area contributed by atoms with Gasteiger partial charge in [0.05, 0.1) is 0 Å². The van der Waals surface area contributed by atoms with Gasteiger partial charge >= 0.3 is 0 Å². The molecule has 1 aliphatic rings. The van der Waals surface area contributed by atoms with Gasteiger partial charge in [0.25, 0.3) is 5.91 Å². The number of aliphatic hydroxyl groups is 1. The monoisotopic (exact) mass is 326 g/mol. The molecule has 23 heavy (non-hydrogen) atoms. The van der Waals surface area contributed by atoms with Crippen LogP contribution in [-0.4, -0.2) is 41.1 Å². The van der Waals surface area contributed by atoms with Crippen molar-refractivity contribution >= 4 is 5.91 Å². The molecule has 1 fully saturated rings. The van der Waals surface area contributed by atoms with E-state index in [9.17, 15) is 18.7 Å². The first-order chi connectivity index (χ1) is 10.8. The van der Waals surface area contributed by atoms with Gasteiger partial charge in [-0.3, -0.25) is 4.79 Å². The Kier molecular flexibility index (Phi) is 5.70. The molecule has 0 aromatic heterocycles. The zero-order valence-corrected chi connectivity index (χ0v) is 13.6. The van der Waals surface area contributed by atoms with E-state index in [1.54, 1.807) is 0 Å². The Morgan fingerprint density at radius 2 is 2.09 bits per heavy atom. The zero-order chi connectivity index (χ0) is 17.0. The number of hydrogen-bond acceptors (Lipinski definition) is 3. The molecule has 0 unspecified atom stereocenters. The molecule has 1 aliphatic heterocycles. The normalized spacial score (nSPS) is 22.0. The zero-order valence-electron chi connectivity index (χ0n) is 13.6. The smallest absolute Gasteiger partial charge is 0.256 e. The van der Waals surface area contributed by atoms with Crippen LogP contribution < -0.4 is 5.32 Å². The molecule has 1 heterocycles. The summed E-state index contributed by atoms with van der Waals surface area (Å²) >= 11 is 0. The van der Waals surface area contributed by atoms with Crippen LogP contribution in [0.3, 0.4) is 0 Å². The van der Waals surface area contributed by atoms with Crippen LogP contribution in [0.25, 0.3) is 0 Å². The van der Waals surface area contributed by atoms with Crippen molar-refractivity contribution < 1.29 is 18.7 Å². The summed E-state index contributed by atoms with van der Waals surface area (Å²) in [5.41, 5.74) is -0.914. The van der Waals surface area contributed by atoms with Gasteiger partial charge in [-0.2, -0.15) is 0 Å². The summed E-state index contributed by atoms with van der Waals surface area (Å²) in [6, 6.07) is 3.60. The molecule has 0 bridgehead atoms. The fourth-order valence-electron chi connectivity index (χ4n) is 2.81. The van der Waals surface area contributed by atoms with Crippen LogP contribution in [0.2, 0.25) is 0 Å². The lowest BCUT2D eigenvalue weighted by atomic mass is 9.91. The third-order valence-electron chi connectivity index (χ3n) is 4.03. The highest BCUT2D eigenvalue weighted by molar-refractivity contribution is 5.86. The maximum atomic E-state index is 13.3. The number of amides is 1. The Hall–Kier alpha value is -1.53. The van der Waals surface area contributed by atoms with Crippen LogP contribution in [0.5, 0.6) is 0 Å². The average molecular weight is 326 g/mol. The van der Waals surface area contributed by atoms with Gasteiger partial charge in [0.15, 0.2) is 17.2 Å². The molecule has 0 aliphatic carbocycles. The van der Waals surface area contributed by atoms with E-state index in [4.69, 9.17) is 0 Å². The Bertz CT molecular complexity index is 566. The Morgan fingerprint density at radius 3 is 2.74 bits per heavy atom. The predicted molar refractivity (Wildman–Crippen MR) is 83.7 cm³/mol. The third kappa shape index (κ3) is 4.48. The fourth-order valence-corrected chi connectivity index (χ4v) is 2.81. The average Bonchev–Trinajstić information content (AvgIpc) is 2.47. The van der Waals surface area contributed by atoms with Crippen molar-refractivity contribution in [2.75, 3.05) is 19.6 Å². The number of hydrogen-bond donors (Lipinski definition) is 2. The summed E-state index contributed by atoms with van der Waals surface area (Å²) in [4.78, 5) is 14.1. The topological polar surface area (TPSA) is 52.6 Å². The number of benzene rings is 1. The van der Waals surface area contributed by atoms with Gasteiger partial charge < -0.3 is 15.3 Å². The summed E-state index contributed by atoms with van der Waals surface area (Å²) in [7, 11) is 0. The lowest BCUT2D eigenvalue weighted by molar-refractivity contribution is -0.157. The van der Waals surface area contributed by atoms with Crippen LogP contribution in [0.4, 0.5) is 8.78 Å². The van der Waals surface area contributed by atoms with E-state index >= 15 is 0 Å². The lowest BCUT2D eigenvalue weighted by Gasteiger charge is -2.38. The summed E-state index contributed by atoms with van der Waals surface area (Å²) in [6.45, 7) is 5.70. The first kappa shape index (κ1) is 17.8. The van der Waals surface area contributed by atoms with Crippen molar-refractivity contribution in [2.45, 2.75) is 38.8 Å². The van der Waals surface area contributed by atoms with Crippen LogP contribution >= 0.6 is 0 Å².